The highest BCUT2D eigenvalue weighted by Gasteiger charge is 2.05. The van der Waals surface area contributed by atoms with Crippen LogP contribution in [-0.4, -0.2) is 0 Å². The SMILES string of the molecule is CC(C)=CC/C=C(\C)c1ccc(-c2ccc(C)s2)s1. The molecule has 0 saturated carbocycles. The van der Waals surface area contributed by atoms with Crippen molar-refractivity contribution in [3.8, 4) is 9.75 Å². The van der Waals surface area contributed by atoms with Crippen molar-refractivity contribution in [2.75, 3.05) is 0 Å². The summed E-state index contributed by atoms with van der Waals surface area (Å²) in [5.74, 6) is 0. The van der Waals surface area contributed by atoms with Crippen molar-refractivity contribution in [1.29, 1.82) is 0 Å². The van der Waals surface area contributed by atoms with Crippen LogP contribution in [0.5, 0.6) is 0 Å². The predicted molar refractivity (Wildman–Crippen MR) is 90.1 cm³/mol. The van der Waals surface area contributed by atoms with Gasteiger partial charge in [0, 0.05) is 19.5 Å². The molecule has 0 spiro atoms. The molecule has 2 aromatic heterocycles. The topological polar surface area (TPSA) is 0 Å². The van der Waals surface area contributed by atoms with E-state index in [1.165, 1.54) is 30.7 Å². The average molecular weight is 288 g/mol. The first-order chi connectivity index (χ1) is 9.06. The number of thiophene rings is 2. The van der Waals surface area contributed by atoms with Gasteiger partial charge in [0.25, 0.3) is 0 Å². The molecule has 2 rings (SSSR count). The first-order valence-corrected chi connectivity index (χ1v) is 8.16. The van der Waals surface area contributed by atoms with E-state index in [2.05, 4.69) is 64.1 Å². The normalized spacial score (nSPS) is 11.7. The molecule has 100 valence electrons. The third-order valence-electron chi connectivity index (χ3n) is 2.93. The molecule has 0 amide bonds. The maximum absolute atomic E-state index is 2.31. The fraction of sp³-hybridized carbons (Fsp3) is 0.294. The van der Waals surface area contributed by atoms with Crippen molar-refractivity contribution in [1.82, 2.24) is 0 Å². The van der Waals surface area contributed by atoms with Gasteiger partial charge in [-0.05, 0) is 64.0 Å². The van der Waals surface area contributed by atoms with Crippen LogP contribution in [0.2, 0.25) is 0 Å². The lowest BCUT2D eigenvalue weighted by atomic mass is 10.2. The minimum Gasteiger partial charge on any atom is -0.140 e. The predicted octanol–water partition coefficient (Wildman–Crippen LogP) is 6.54. The largest absolute Gasteiger partial charge is 0.140 e. The first kappa shape index (κ1) is 14.3. The second-order valence-corrected chi connectivity index (χ2v) is 7.35. The summed E-state index contributed by atoms with van der Waals surface area (Å²) in [4.78, 5) is 5.51. The third kappa shape index (κ3) is 3.92. The van der Waals surface area contributed by atoms with E-state index in [4.69, 9.17) is 0 Å². The molecule has 0 radical (unpaired) electrons. The highest BCUT2D eigenvalue weighted by molar-refractivity contribution is 7.22. The van der Waals surface area contributed by atoms with Crippen LogP contribution in [0.1, 0.15) is 36.9 Å². The van der Waals surface area contributed by atoms with Crippen LogP contribution in [0.15, 0.2) is 42.0 Å². The molecule has 0 aliphatic carbocycles. The summed E-state index contributed by atoms with van der Waals surface area (Å²) in [6, 6.07) is 8.89. The van der Waals surface area contributed by atoms with Gasteiger partial charge in [0.2, 0.25) is 0 Å². The Bertz CT molecular complexity index is 605. The minimum absolute atomic E-state index is 1.03. The Morgan fingerprint density at radius 3 is 2.26 bits per heavy atom. The Kier molecular flexibility index (Phi) is 4.78. The Morgan fingerprint density at radius 2 is 1.63 bits per heavy atom. The lowest BCUT2D eigenvalue weighted by molar-refractivity contribution is 1.28. The van der Waals surface area contributed by atoms with Crippen molar-refractivity contribution in [2.45, 2.75) is 34.1 Å². The molecule has 0 nitrogen and oxygen atoms in total. The van der Waals surface area contributed by atoms with Crippen LogP contribution in [-0.2, 0) is 0 Å². The monoisotopic (exact) mass is 288 g/mol. The minimum atomic E-state index is 1.03. The van der Waals surface area contributed by atoms with Crippen molar-refractivity contribution < 1.29 is 0 Å². The number of allylic oxidation sites excluding steroid dienone is 4. The van der Waals surface area contributed by atoms with Crippen molar-refractivity contribution in [2.24, 2.45) is 0 Å². The molecule has 2 heteroatoms. The van der Waals surface area contributed by atoms with Gasteiger partial charge in [0.1, 0.15) is 0 Å². The molecule has 0 saturated heterocycles. The molecule has 0 aromatic carbocycles. The van der Waals surface area contributed by atoms with Crippen molar-refractivity contribution in [3.63, 3.8) is 0 Å². The zero-order valence-corrected chi connectivity index (χ0v) is 13.6. The lowest BCUT2D eigenvalue weighted by Crippen LogP contribution is -1.71. The average Bonchev–Trinajstić information content (AvgIpc) is 2.96. The summed E-state index contributed by atoms with van der Waals surface area (Å²) >= 11 is 3.76. The Morgan fingerprint density at radius 1 is 0.947 bits per heavy atom. The first-order valence-electron chi connectivity index (χ1n) is 6.53. The molecular weight excluding hydrogens is 268 g/mol. The zero-order chi connectivity index (χ0) is 13.8. The fourth-order valence-corrected chi connectivity index (χ4v) is 3.78. The molecule has 0 atom stereocenters. The summed E-state index contributed by atoms with van der Waals surface area (Å²) in [6.07, 6.45) is 5.60. The van der Waals surface area contributed by atoms with E-state index in [9.17, 15) is 0 Å². The second kappa shape index (κ2) is 6.36. The van der Waals surface area contributed by atoms with E-state index < -0.39 is 0 Å². The van der Waals surface area contributed by atoms with Gasteiger partial charge in [-0.25, -0.2) is 0 Å². The molecule has 0 aliphatic rings. The maximum Gasteiger partial charge on any atom is 0.0449 e. The number of hydrogen-bond acceptors (Lipinski definition) is 2. The number of rotatable bonds is 4. The summed E-state index contributed by atoms with van der Waals surface area (Å²) in [5, 5.41) is 0. The van der Waals surface area contributed by atoms with Gasteiger partial charge in [0.15, 0.2) is 0 Å². The molecule has 2 heterocycles. The molecule has 0 unspecified atom stereocenters. The van der Waals surface area contributed by atoms with E-state index in [0.29, 0.717) is 0 Å². The van der Waals surface area contributed by atoms with Crippen LogP contribution >= 0.6 is 22.7 Å². The van der Waals surface area contributed by atoms with Gasteiger partial charge < -0.3 is 0 Å². The molecular formula is C17H20S2. The van der Waals surface area contributed by atoms with E-state index >= 15 is 0 Å². The van der Waals surface area contributed by atoms with E-state index in [-0.39, 0.29) is 0 Å². The fourth-order valence-electron chi connectivity index (χ4n) is 1.82. The van der Waals surface area contributed by atoms with Gasteiger partial charge in [-0.3, -0.25) is 0 Å². The van der Waals surface area contributed by atoms with Gasteiger partial charge in [0.05, 0.1) is 0 Å². The molecule has 0 aliphatic heterocycles. The molecule has 2 aromatic rings. The van der Waals surface area contributed by atoms with E-state index in [1.54, 1.807) is 0 Å². The van der Waals surface area contributed by atoms with Crippen LogP contribution in [0.4, 0.5) is 0 Å². The van der Waals surface area contributed by atoms with Gasteiger partial charge >= 0.3 is 0 Å². The third-order valence-corrected chi connectivity index (χ3v) is 5.35. The van der Waals surface area contributed by atoms with Crippen LogP contribution in [0, 0.1) is 6.92 Å². The second-order valence-electron chi connectivity index (χ2n) is 4.98. The summed E-state index contributed by atoms with van der Waals surface area (Å²) < 4.78 is 0. The Labute approximate surface area is 124 Å². The van der Waals surface area contributed by atoms with Crippen LogP contribution in [0.3, 0.4) is 0 Å². The Hall–Kier alpha value is -1.12. The highest BCUT2D eigenvalue weighted by atomic mass is 32.1. The summed E-state index contributed by atoms with van der Waals surface area (Å²) in [7, 11) is 0. The smallest absolute Gasteiger partial charge is 0.0449 e. The number of hydrogen-bond donors (Lipinski definition) is 0. The van der Waals surface area contributed by atoms with E-state index in [0.717, 1.165) is 6.42 Å². The molecule has 0 N–H and O–H groups in total. The van der Waals surface area contributed by atoms with Crippen molar-refractivity contribution in [3.05, 3.63) is 51.7 Å². The maximum atomic E-state index is 2.31. The number of aryl methyl sites for hydroxylation is 1. The standard InChI is InChI=1S/C17H20S2/c1-12(2)6-5-7-13(3)15-10-11-17(19-15)16-9-8-14(4)18-16/h6-11H,5H2,1-4H3/b13-7+. The van der Waals surface area contributed by atoms with Crippen LogP contribution < -0.4 is 0 Å². The van der Waals surface area contributed by atoms with Crippen LogP contribution in [0.25, 0.3) is 15.3 Å². The van der Waals surface area contributed by atoms with E-state index in [1.807, 2.05) is 22.7 Å². The quantitative estimate of drug-likeness (QED) is 0.560. The van der Waals surface area contributed by atoms with Gasteiger partial charge in [-0.15, -0.1) is 22.7 Å². The Balaban J connectivity index is 2.14. The molecule has 0 fully saturated rings. The lowest BCUT2D eigenvalue weighted by Gasteiger charge is -1.96. The summed E-state index contributed by atoms with van der Waals surface area (Å²) in [5.41, 5.74) is 2.76. The summed E-state index contributed by atoms with van der Waals surface area (Å²) in [6.45, 7) is 8.65. The van der Waals surface area contributed by atoms with Crippen molar-refractivity contribution >= 4 is 28.2 Å². The van der Waals surface area contributed by atoms with Gasteiger partial charge in [-0.2, -0.15) is 0 Å². The molecule has 0 bridgehead atoms. The zero-order valence-electron chi connectivity index (χ0n) is 12.0. The molecule has 19 heavy (non-hydrogen) atoms. The van der Waals surface area contributed by atoms with Gasteiger partial charge in [-0.1, -0.05) is 17.7 Å². The highest BCUT2D eigenvalue weighted by Crippen LogP contribution is 2.35.